The van der Waals surface area contributed by atoms with Crippen LogP contribution in [-0.2, 0) is 9.53 Å². The van der Waals surface area contributed by atoms with Crippen LogP contribution in [0.1, 0.15) is 48.0 Å². The molecular formula is C11H22O2. The molecule has 0 aliphatic heterocycles. The molecule has 0 amide bonds. The summed E-state index contributed by atoms with van der Waals surface area (Å²) in [6, 6.07) is 0. The Morgan fingerprint density at radius 1 is 1.23 bits per heavy atom. The van der Waals surface area contributed by atoms with Crippen molar-refractivity contribution in [3.63, 3.8) is 0 Å². The van der Waals surface area contributed by atoms with Gasteiger partial charge in [0.1, 0.15) is 5.78 Å². The van der Waals surface area contributed by atoms with E-state index in [2.05, 4.69) is 0 Å². The van der Waals surface area contributed by atoms with Gasteiger partial charge in [0.15, 0.2) is 0 Å². The maximum Gasteiger partial charge on any atom is 0.140 e. The Hall–Kier alpha value is -0.370. The number of rotatable bonds is 4. The van der Waals surface area contributed by atoms with E-state index < -0.39 is 0 Å². The molecule has 2 heteroatoms. The van der Waals surface area contributed by atoms with Gasteiger partial charge >= 0.3 is 0 Å². The zero-order valence-corrected chi connectivity index (χ0v) is 9.68. The number of hydrogen-bond donors (Lipinski definition) is 0. The lowest BCUT2D eigenvalue weighted by Gasteiger charge is -2.21. The minimum absolute atomic E-state index is 0.0340. The van der Waals surface area contributed by atoms with Gasteiger partial charge in [-0.15, -0.1) is 0 Å². The number of ketones is 1. The van der Waals surface area contributed by atoms with E-state index in [4.69, 9.17) is 4.74 Å². The first-order valence-corrected chi connectivity index (χ1v) is 4.92. The van der Waals surface area contributed by atoms with Gasteiger partial charge in [0, 0.05) is 11.8 Å². The first kappa shape index (κ1) is 12.6. The summed E-state index contributed by atoms with van der Waals surface area (Å²) in [4.78, 5) is 11.6. The van der Waals surface area contributed by atoms with Crippen molar-refractivity contribution in [3.8, 4) is 0 Å². The van der Waals surface area contributed by atoms with Crippen molar-refractivity contribution in [3.05, 3.63) is 0 Å². The van der Waals surface area contributed by atoms with Crippen LogP contribution in [0.15, 0.2) is 0 Å². The molecule has 0 aromatic heterocycles. The third-order valence-electron chi connectivity index (χ3n) is 1.81. The smallest absolute Gasteiger partial charge is 0.140 e. The van der Waals surface area contributed by atoms with Crippen LogP contribution in [0.3, 0.4) is 0 Å². The van der Waals surface area contributed by atoms with Crippen molar-refractivity contribution >= 4 is 5.78 Å². The number of carbonyl (C=O) groups excluding carboxylic acids is 1. The summed E-state index contributed by atoms with van der Waals surface area (Å²) >= 11 is 0. The zero-order valence-electron chi connectivity index (χ0n) is 9.68. The van der Waals surface area contributed by atoms with Crippen LogP contribution < -0.4 is 0 Å². The molecule has 0 saturated carbocycles. The summed E-state index contributed by atoms with van der Waals surface area (Å²) in [5.74, 6) is 0.264. The van der Waals surface area contributed by atoms with Gasteiger partial charge in [0.2, 0.25) is 0 Å². The third kappa shape index (κ3) is 5.81. The van der Waals surface area contributed by atoms with E-state index in [9.17, 15) is 4.79 Å². The minimum Gasteiger partial charge on any atom is -0.375 e. The van der Waals surface area contributed by atoms with E-state index in [0.29, 0.717) is 6.42 Å². The van der Waals surface area contributed by atoms with Crippen LogP contribution in [0, 0.1) is 5.41 Å². The van der Waals surface area contributed by atoms with E-state index in [1.807, 2.05) is 41.5 Å². The van der Waals surface area contributed by atoms with Crippen LogP contribution in [0.25, 0.3) is 0 Å². The highest BCUT2D eigenvalue weighted by molar-refractivity contribution is 5.83. The van der Waals surface area contributed by atoms with Crippen LogP contribution in [-0.4, -0.2) is 18.0 Å². The van der Waals surface area contributed by atoms with Crippen LogP contribution in [0.2, 0.25) is 0 Å². The minimum atomic E-state index is -0.241. The second-order valence-electron chi connectivity index (χ2n) is 4.87. The Morgan fingerprint density at radius 2 is 1.69 bits per heavy atom. The number of carbonyl (C=O) groups is 1. The van der Waals surface area contributed by atoms with Gasteiger partial charge < -0.3 is 4.74 Å². The normalized spacial score (nSPS) is 14.7. The molecule has 1 atom stereocenters. The first-order valence-electron chi connectivity index (χ1n) is 4.92. The molecule has 0 N–H and O–H groups in total. The van der Waals surface area contributed by atoms with Gasteiger partial charge in [-0.25, -0.2) is 0 Å². The molecule has 0 fully saturated rings. The molecule has 0 aliphatic carbocycles. The summed E-state index contributed by atoms with van der Waals surface area (Å²) in [5.41, 5.74) is -0.241. The second-order valence-corrected chi connectivity index (χ2v) is 4.87. The molecule has 0 aliphatic rings. The van der Waals surface area contributed by atoms with E-state index in [0.717, 1.165) is 0 Å². The van der Waals surface area contributed by atoms with Crippen LogP contribution in [0.4, 0.5) is 0 Å². The Morgan fingerprint density at radius 3 is 2.00 bits per heavy atom. The fourth-order valence-corrected chi connectivity index (χ4v) is 1.08. The highest BCUT2D eigenvalue weighted by Crippen LogP contribution is 2.18. The summed E-state index contributed by atoms with van der Waals surface area (Å²) < 4.78 is 5.50. The average molecular weight is 186 g/mol. The fourth-order valence-electron chi connectivity index (χ4n) is 1.08. The molecule has 0 saturated heterocycles. The Labute approximate surface area is 81.7 Å². The summed E-state index contributed by atoms with van der Waals surface area (Å²) in [5, 5.41) is 0. The maximum atomic E-state index is 11.6. The monoisotopic (exact) mass is 186 g/mol. The van der Waals surface area contributed by atoms with Crippen LogP contribution in [0.5, 0.6) is 0 Å². The van der Waals surface area contributed by atoms with Gasteiger partial charge in [-0.05, 0) is 20.8 Å². The van der Waals surface area contributed by atoms with Crippen molar-refractivity contribution in [2.45, 2.75) is 60.2 Å². The predicted molar refractivity (Wildman–Crippen MR) is 54.8 cm³/mol. The van der Waals surface area contributed by atoms with Crippen molar-refractivity contribution in [2.75, 3.05) is 0 Å². The summed E-state index contributed by atoms with van der Waals surface area (Å²) in [7, 11) is 0. The molecule has 0 spiro atoms. The van der Waals surface area contributed by atoms with Gasteiger partial charge in [-0.1, -0.05) is 20.8 Å². The van der Waals surface area contributed by atoms with Crippen molar-refractivity contribution in [1.29, 1.82) is 0 Å². The molecule has 1 unspecified atom stereocenters. The molecule has 13 heavy (non-hydrogen) atoms. The van der Waals surface area contributed by atoms with Crippen LogP contribution >= 0.6 is 0 Å². The van der Waals surface area contributed by atoms with E-state index in [-0.39, 0.29) is 23.4 Å². The molecule has 0 bridgehead atoms. The van der Waals surface area contributed by atoms with Crippen molar-refractivity contribution in [1.82, 2.24) is 0 Å². The van der Waals surface area contributed by atoms with E-state index in [1.165, 1.54) is 0 Å². The third-order valence-corrected chi connectivity index (χ3v) is 1.81. The number of ether oxygens (including phenoxy) is 1. The molecule has 0 aromatic carbocycles. The Balaban J connectivity index is 3.93. The molecule has 0 heterocycles. The lowest BCUT2D eigenvalue weighted by molar-refractivity contribution is -0.129. The Kier molecular flexibility index (Phi) is 4.62. The molecule has 2 nitrogen and oxygen atoms in total. The fraction of sp³-hybridized carbons (Fsp3) is 0.909. The van der Waals surface area contributed by atoms with Gasteiger partial charge in [-0.2, -0.15) is 0 Å². The zero-order chi connectivity index (χ0) is 10.6. The lowest BCUT2D eigenvalue weighted by atomic mass is 9.88. The number of hydrogen-bond acceptors (Lipinski definition) is 2. The van der Waals surface area contributed by atoms with Crippen molar-refractivity contribution in [2.24, 2.45) is 5.41 Å². The molecule has 78 valence electrons. The molecule has 0 aromatic rings. The van der Waals surface area contributed by atoms with Crippen molar-refractivity contribution < 1.29 is 9.53 Å². The van der Waals surface area contributed by atoms with E-state index in [1.54, 1.807) is 0 Å². The first-order chi connectivity index (χ1) is 5.73. The molecular weight excluding hydrogens is 164 g/mol. The summed E-state index contributed by atoms with van der Waals surface area (Å²) in [6.07, 6.45) is 0.747. The van der Waals surface area contributed by atoms with E-state index >= 15 is 0 Å². The predicted octanol–water partition coefficient (Wildman–Crippen LogP) is 2.81. The Bertz CT molecular complexity index is 165. The van der Waals surface area contributed by atoms with Gasteiger partial charge in [0.05, 0.1) is 12.2 Å². The molecule has 0 rings (SSSR count). The average Bonchev–Trinajstić information content (AvgIpc) is 1.82. The second kappa shape index (κ2) is 4.75. The molecule has 0 radical (unpaired) electrons. The quantitative estimate of drug-likeness (QED) is 0.675. The summed E-state index contributed by atoms with van der Waals surface area (Å²) in [6.45, 7) is 11.7. The SMILES string of the molecule is CC(C)OC(C)CC(=O)C(C)(C)C. The van der Waals surface area contributed by atoms with Gasteiger partial charge in [0.25, 0.3) is 0 Å². The van der Waals surface area contributed by atoms with Gasteiger partial charge in [-0.3, -0.25) is 4.79 Å². The highest BCUT2D eigenvalue weighted by atomic mass is 16.5. The maximum absolute atomic E-state index is 11.6. The standard InChI is InChI=1S/C11H22O2/c1-8(2)13-9(3)7-10(12)11(4,5)6/h8-9H,7H2,1-6H3. The lowest BCUT2D eigenvalue weighted by Crippen LogP contribution is -2.26. The topological polar surface area (TPSA) is 26.3 Å². The largest absolute Gasteiger partial charge is 0.375 e. The number of Topliss-reactive ketones (excluding diaryl/α,β-unsaturated/α-hetero) is 1. The highest BCUT2D eigenvalue weighted by Gasteiger charge is 2.23.